The van der Waals surface area contributed by atoms with Crippen molar-refractivity contribution in [2.75, 3.05) is 74.4 Å². The van der Waals surface area contributed by atoms with Gasteiger partial charge < -0.3 is 50.4 Å². The third kappa shape index (κ3) is 8.39. The second kappa shape index (κ2) is 16.2. The van der Waals surface area contributed by atoms with Crippen molar-refractivity contribution in [3.63, 3.8) is 0 Å². The molecular weight excluding hydrogens is 745 g/mol. The molecule has 3 aromatic carbocycles. The molecule has 4 heterocycles. The van der Waals surface area contributed by atoms with Crippen LogP contribution in [-0.4, -0.2) is 88.4 Å². The molecule has 0 saturated heterocycles. The maximum Gasteiger partial charge on any atom is 0.319 e. The van der Waals surface area contributed by atoms with Gasteiger partial charge in [-0.25, -0.2) is 4.79 Å². The number of amides is 5. The first-order valence-corrected chi connectivity index (χ1v) is 19.6. The van der Waals surface area contributed by atoms with E-state index in [0.29, 0.717) is 52.1 Å². The number of anilines is 4. The SMILES string of the molecule is CNCC(C)(C)CNC(=O)c1cc2cc(NC(=O)c3cc(NC(=O)NCCOc4cc5c(cc4OC)C(=O)N4c6ccccc6C[C@H]4CN5C)cn3C)ccc2s1. The van der Waals surface area contributed by atoms with Crippen LogP contribution in [-0.2, 0) is 13.5 Å². The van der Waals surface area contributed by atoms with E-state index in [1.54, 1.807) is 36.0 Å². The fraction of sp³-hybridized carbons (Fsp3) is 0.333. The van der Waals surface area contributed by atoms with Crippen molar-refractivity contribution in [3.8, 4) is 11.5 Å². The van der Waals surface area contributed by atoms with E-state index in [2.05, 4.69) is 51.4 Å². The highest BCUT2D eigenvalue weighted by atomic mass is 32.1. The summed E-state index contributed by atoms with van der Waals surface area (Å²) in [5.41, 5.74) is 4.66. The van der Waals surface area contributed by atoms with E-state index in [0.717, 1.165) is 40.0 Å². The number of rotatable bonds is 13. The summed E-state index contributed by atoms with van der Waals surface area (Å²) in [7, 11) is 7.11. The average Bonchev–Trinajstić information content (AvgIpc) is 3.87. The monoisotopic (exact) mass is 792 g/mol. The Bertz CT molecular complexity index is 2350. The summed E-state index contributed by atoms with van der Waals surface area (Å²) in [6.07, 6.45) is 2.44. The summed E-state index contributed by atoms with van der Waals surface area (Å²) in [4.78, 5) is 57.4. The Hall–Kier alpha value is -6.06. The molecule has 5 aromatic rings. The second-order valence-electron chi connectivity index (χ2n) is 15.2. The van der Waals surface area contributed by atoms with Crippen LogP contribution in [0.2, 0.25) is 0 Å². The van der Waals surface area contributed by atoms with Crippen molar-refractivity contribution in [3.05, 3.63) is 94.6 Å². The number of nitrogens with zero attached hydrogens (tertiary/aromatic N) is 3. The highest BCUT2D eigenvalue weighted by Gasteiger charge is 2.39. The molecule has 15 heteroatoms. The normalized spacial score (nSPS) is 14.7. The van der Waals surface area contributed by atoms with Crippen LogP contribution in [0.5, 0.6) is 11.5 Å². The lowest BCUT2D eigenvalue weighted by Gasteiger charge is -2.25. The molecule has 2 aliphatic heterocycles. The number of carbonyl (C=O) groups excluding carboxylic acids is 4. The summed E-state index contributed by atoms with van der Waals surface area (Å²) in [6.45, 7) is 6.46. The molecule has 0 aliphatic carbocycles. The topological polar surface area (TPSA) is 158 Å². The van der Waals surface area contributed by atoms with E-state index in [-0.39, 0.29) is 42.3 Å². The number of urea groups is 1. The van der Waals surface area contributed by atoms with E-state index in [1.807, 2.05) is 61.5 Å². The van der Waals surface area contributed by atoms with E-state index in [9.17, 15) is 19.2 Å². The predicted octanol–water partition coefficient (Wildman–Crippen LogP) is 5.70. The molecule has 7 rings (SSSR count). The smallest absolute Gasteiger partial charge is 0.319 e. The van der Waals surface area contributed by atoms with Gasteiger partial charge in [-0.05, 0) is 72.3 Å². The van der Waals surface area contributed by atoms with Crippen LogP contribution in [0.1, 0.15) is 49.9 Å². The molecule has 1 atom stereocenters. The Morgan fingerprint density at radius 3 is 2.49 bits per heavy atom. The minimum atomic E-state index is -0.468. The Kier molecular flexibility index (Phi) is 11.1. The molecule has 0 radical (unpaired) electrons. The Balaban J connectivity index is 0.919. The van der Waals surface area contributed by atoms with Gasteiger partial charge in [0, 0.05) is 62.1 Å². The summed E-state index contributed by atoms with van der Waals surface area (Å²) < 4.78 is 14.2. The number of aryl methyl sites for hydroxylation is 1. The minimum absolute atomic E-state index is 0.0178. The summed E-state index contributed by atoms with van der Waals surface area (Å²) >= 11 is 1.40. The number of thiophene rings is 1. The van der Waals surface area contributed by atoms with E-state index >= 15 is 0 Å². The zero-order valence-corrected chi connectivity index (χ0v) is 33.8. The molecule has 2 aromatic heterocycles. The van der Waals surface area contributed by atoms with Gasteiger partial charge in [-0.3, -0.25) is 14.4 Å². The largest absolute Gasteiger partial charge is 0.493 e. The molecule has 0 unspecified atom stereocenters. The fourth-order valence-electron chi connectivity index (χ4n) is 7.47. The molecule has 0 saturated carbocycles. The van der Waals surface area contributed by atoms with E-state index < -0.39 is 6.03 Å². The number of nitrogens with one attached hydrogen (secondary N) is 5. The molecule has 2 aliphatic rings. The molecule has 0 spiro atoms. The van der Waals surface area contributed by atoms with Crippen LogP contribution >= 0.6 is 11.3 Å². The molecule has 5 amide bonds. The van der Waals surface area contributed by atoms with Crippen LogP contribution < -0.4 is 45.9 Å². The van der Waals surface area contributed by atoms with Crippen LogP contribution in [0, 0.1) is 5.41 Å². The highest BCUT2D eigenvalue weighted by Crippen LogP contribution is 2.42. The van der Waals surface area contributed by atoms with Gasteiger partial charge in [-0.15, -0.1) is 11.3 Å². The van der Waals surface area contributed by atoms with Crippen molar-refractivity contribution >= 4 is 67.9 Å². The second-order valence-corrected chi connectivity index (χ2v) is 16.3. The van der Waals surface area contributed by atoms with Gasteiger partial charge in [0.15, 0.2) is 11.5 Å². The first-order chi connectivity index (χ1) is 27.3. The fourth-order valence-corrected chi connectivity index (χ4v) is 8.43. The van der Waals surface area contributed by atoms with Crippen LogP contribution in [0.3, 0.4) is 0 Å². The lowest BCUT2D eigenvalue weighted by molar-refractivity contribution is 0.0939. The number of para-hydroxylation sites is 1. The number of hydrogen-bond donors (Lipinski definition) is 5. The molecular formula is C42H48N8O6S. The predicted molar refractivity (Wildman–Crippen MR) is 225 cm³/mol. The molecule has 14 nitrogen and oxygen atoms in total. The number of ether oxygens (including phenoxy) is 2. The van der Waals surface area contributed by atoms with Gasteiger partial charge in [-0.1, -0.05) is 32.0 Å². The van der Waals surface area contributed by atoms with Gasteiger partial charge in [0.25, 0.3) is 17.7 Å². The quantitative estimate of drug-likeness (QED) is 0.0952. The van der Waals surface area contributed by atoms with Gasteiger partial charge in [0.2, 0.25) is 0 Å². The van der Waals surface area contributed by atoms with Gasteiger partial charge >= 0.3 is 6.03 Å². The zero-order chi connectivity index (χ0) is 40.4. The summed E-state index contributed by atoms with van der Waals surface area (Å²) in [5.74, 6) is 0.319. The van der Waals surface area contributed by atoms with Crippen molar-refractivity contribution < 1.29 is 28.7 Å². The van der Waals surface area contributed by atoms with Gasteiger partial charge in [0.1, 0.15) is 12.3 Å². The number of benzene rings is 3. The van der Waals surface area contributed by atoms with E-state index in [4.69, 9.17) is 9.47 Å². The van der Waals surface area contributed by atoms with Gasteiger partial charge in [-0.2, -0.15) is 0 Å². The molecule has 57 heavy (non-hydrogen) atoms. The minimum Gasteiger partial charge on any atom is -0.493 e. The Labute approximate surface area is 335 Å². The summed E-state index contributed by atoms with van der Waals surface area (Å²) in [6, 6.07) is 20.1. The van der Waals surface area contributed by atoms with Crippen molar-refractivity contribution in [1.29, 1.82) is 0 Å². The Morgan fingerprint density at radius 1 is 0.895 bits per heavy atom. The van der Waals surface area contributed by atoms with Crippen molar-refractivity contribution in [2.24, 2.45) is 12.5 Å². The van der Waals surface area contributed by atoms with Crippen LogP contribution in [0.15, 0.2) is 72.9 Å². The first-order valence-electron chi connectivity index (χ1n) is 18.8. The average molecular weight is 793 g/mol. The summed E-state index contributed by atoms with van der Waals surface area (Å²) in [5, 5.41) is 15.5. The molecule has 0 fully saturated rings. The number of likely N-dealkylation sites (N-methyl/N-ethyl adjacent to an activating group) is 1. The molecule has 5 N–H and O–H groups in total. The standard InChI is InChI=1S/C42H48N8O6S/c1-42(2,23-43-3)24-45-39(52)37-17-26-15-27(11-12-36(26)57-37)46-38(51)33-18-28(21-48(33)4)47-41(54)44-13-14-56-35-20-32-30(19-34(35)55-6)40(53)50-29(22-49(32)5)16-25-9-7-8-10-31(25)50/h7-12,15,17-21,29,43H,13-14,16,22-24H2,1-6H3,(H,45,52)(H,46,51)(H2,44,47,54)/t29-/m0/s1. The maximum absolute atomic E-state index is 13.9. The van der Waals surface area contributed by atoms with Crippen molar-refractivity contribution in [2.45, 2.75) is 26.3 Å². The van der Waals surface area contributed by atoms with Crippen LogP contribution in [0.4, 0.5) is 27.5 Å². The highest BCUT2D eigenvalue weighted by molar-refractivity contribution is 7.20. The van der Waals surface area contributed by atoms with E-state index in [1.165, 1.54) is 18.4 Å². The number of fused-ring (bicyclic) bond motifs is 5. The lowest BCUT2D eigenvalue weighted by atomic mass is 9.93. The zero-order valence-electron chi connectivity index (χ0n) is 32.9. The third-order valence-electron chi connectivity index (χ3n) is 10.2. The lowest BCUT2D eigenvalue weighted by Crippen LogP contribution is -2.41. The number of aromatic nitrogens is 1. The van der Waals surface area contributed by atoms with Gasteiger partial charge in [0.05, 0.1) is 41.5 Å². The molecule has 298 valence electrons. The number of carbonyl (C=O) groups is 4. The maximum atomic E-state index is 13.9. The number of methoxy groups -OCH3 is 1. The number of hydrogen-bond acceptors (Lipinski definition) is 9. The Morgan fingerprint density at radius 2 is 1.70 bits per heavy atom. The first kappa shape index (κ1) is 39.2. The molecule has 0 bridgehead atoms. The van der Waals surface area contributed by atoms with Crippen molar-refractivity contribution in [1.82, 2.24) is 20.5 Å². The third-order valence-corrected chi connectivity index (χ3v) is 11.3. The van der Waals surface area contributed by atoms with Crippen LogP contribution in [0.25, 0.3) is 10.1 Å².